The fraction of sp³-hybridized carbons (Fsp3) is 0.125. The van der Waals surface area contributed by atoms with Crippen molar-refractivity contribution < 1.29 is 9.59 Å². The van der Waals surface area contributed by atoms with Gasteiger partial charge in [0.15, 0.2) is 5.13 Å². The Balaban J connectivity index is 1.39. The number of carbonyl (C=O) groups excluding carboxylic acids is 2. The Morgan fingerprint density at radius 3 is 1.90 bits per heavy atom. The molecule has 0 aliphatic rings. The Morgan fingerprint density at radius 1 is 0.725 bits per heavy atom. The Morgan fingerprint density at radius 2 is 1.35 bits per heavy atom. The molecule has 5 rings (SSSR count). The summed E-state index contributed by atoms with van der Waals surface area (Å²) in [6.07, 6.45) is 1.69. The van der Waals surface area contributed by atoms with Crippen LogP contribution in [0.5, 0.6) is 0 Å². The van der Waals surface area contributed by atoms with Gasteiger partial charge in [0.1, 0.15) is 6.54 Å². The van der Waals surface area contributed by atoms with Gasteiger partial charge in [-0.05, 0) is 35.4 Å². The Kier molecular flexibility index (Phi) is 8.58. The van der Waals surface area contributed by atoms with Crippen LogP contribution in [0.4, 0.5) is 5.13 Å². The van der Waals surface area contributed by atoms with Crippen molar-refractivity contribution in [3.8, 4) is 11.3 Å². The quantitative estimate of drug-likeness (QED) is 0.244. The topological polar surface area (TPSA) is 92.4 Å². The lowest BCUT2D eigenvalue weighted by Gasteiger charge is -2.28. The van der Waals surface area contributed by atoms with Crippen molar-refractivity contribution in [3.63, 3.8) is 0 Å². The molecule has 0 fully saturated rings. The van der Waals surface area contributed by atoms with Crippen LogP contribution < -0.4 is 5.73 Å². The monoisotopic (exact) mass is 547 g/mol. The molecule has 0 aliphatic heterocycles. The normalized spacial score (nSPS) is 10.7. The van der Waals surface area contributed by atoms with Gasteiger partial charge in [0.05, 0.1) is 17.9 Å². The highest BCUT2D eigenvalue weighted by Crippen LogP contribution is 2.24. The van der Waals surface area contributed by atoms with Crippen LogP contribution in [0.1, 0.15) is 27.2 Å². The second-order valence-electron chi connectivity index (χ2n) is 9.35. The molecule has 2 amide bonds. The molecule has 2 heterocycles. The molecule has 3 aromatic carbocycles. The Labute approximate surface area is 237 Å². The minimum Gasteiger partial charge on any atom is -0.375 e. The predicted molar refractivity (Wildman–Crippen MR) is 158 cm³/mol. The van der Waals surface area contributed by atoms with E-state index < -0.39 is 0 Å². The molecule has 0 unspecified atom stereocenters. The van der Waals surface area contributed by atoms with E-state index in [9.17, 15) is 9.59 Å². The highest BCUT2D eigenvalue weighted by Gasteiger charge is 2.24. The van der Waals surface area contributed by atoms with Crippen molar-refractivity contribution in [3.05, 3.63) is 137 Å². The van der Waals surface area contributed by atoms with E-state index in [1.165, 1.54) is 11.3 Å². The molecule has 0 aliphatic carbocycles. The summed E-state index contributed by atoms with van der Waals surface area (Å²) < 4.78 is 0. The number of carbonyl (C=O) groups is 2. The third-order valence-corrected chi connectivity index (χ3v) is 7.10. The first kappa shape index (κ1) is 26.8. The van der Waals surface area contributed by atoms with E-state index in [4.69, 9.17) is 5.73 Å². The molecule has 0 atom stereocenters. The van der Waals surface area contributed by atoms with E-state index in [1.807, 2.05) is 96.4 Å². The first-order valence-electron chi connectivity index (χ1n) is 12.9. The number of aromatic nitrogens is 2. The van der Waals surface area contributed by atoms with Gasteiger partial charge in [0.25, 0.3) is 5.91 Å². The molecule has 0 bridgehead atoms. The number of anilines is 1. The van der Waals surface area contributed by atoms with Crippen LogP contribution in [0.3, 0.4) is 0 Å². The van der Waals surface area contributed by atoms with E-state index in [1.54, 1.807) is 28.1 Å². The Hall–Kier alpha value is -4.82. The van der Waals surface area contributed by atoms with Crippen LogP contribution in [0.25, 0.3) is 11.3 Å². The Bertz CT molecular complexity index is 1500. The lowest BCUT2D eigenvalue weighted by atomic mass is 10.1. The highest BCUT2D eigenvalue weighted by molar-refractivity contribution is 7.13. The summed E-state index contributed by atoms with van der Waals surface area (Å²) in [5.74, 6) is -0.394. The maximum atomic E-state index is 13.8. The molecule has 7 nitrogen and oxygen atoms in total. The molecule has 0 radical (unpaired) electrons. The number of nitrogens with zero attached hydrogens (tertiary/aromatic N) is 4. The zero-order valence-electron chi connectivity index (χ0n) is 21.9. The number of nitrogens with two attached hydrogens (primary N) is 1. The van der Waals surface area contributed by atoms with E-state index in [0.29, 0.717) is 29.5 Å². The number of hydrogen-bond acceptors (Lipinski definition) is 6. The third kappa shape index (κ3) is 6.98. The van der Waals surface area contributed by atoms with Gasteiger partial charge in [0.2, 0.25) is 5.91 Å². The smallest absolute Gasteiger partial charge is 0.254 e. The van der Waals surface area contributed by atoms with Crippen LogP contribution in [-0.4, -0.2) is 38.1 Å². The summed E-state index contributed by atoms with van der Waals surface area (Å²) in [5, 5.41) is 2.37. The van der Waals surface area contributed by atoms with Crippen molar-refractivity contribution in [2.45, 2.75) is 19.6 Å². The van der Waals surface area contributed by atoms with Crippen LogP contribution in [-0.2, 0) is 24.4 Å². The summed E-state index contributed by atoms with van der Waals surface area (Å²) >= 11 is 1.37. The van der Waals surface area contributed by atoms with Crippen molar-refractivity contribution in [1.29, 1.82) is 0 Å². The zero-order valence-corrected chi connectivity index (χ0v) is 22.7. The van der Waals surface area contributed by atoms with Crippen molar-refractivity contribution in [1.82, 2.24) is 19.8 Å². The predicted octanol–water partition coefficient (Wildman–Crippen LogP) is 5.66. The largest absolute Gasteiger partial charge is 0.375 e. The maximum Gasteiger partial charge on any atom is 0.254 e. The van der Waals surface area contributed by atoms with Gasteiger partial charge < -0.3 is 15.5 Å². The molecule has 0 saturated carbocycles. The van der Waals surface area contributed by atoms with Gasteiger partial charge in [0, 0.05) is 35.8 Å². The van der Waals surface area contributed by atoms with E-state index in [2.05, 4.69) is 9.97 Å². The molecule has 0 saturated heterocycles. The zero-order chi connectivity index (χ0) is 27.7. The standard InChI is InChI=1S/C32H29N5O2S/c33-32-35-29(23-40-32)26-14-16-27(17-15-26)31(39)37(21-28-13-7-8-18-34-28)22-30(38)36(19-24-9-3-1-4-10-24)20-25-11-5-2-6-12-25/h1-18,23H,19-22H2,(H2,33,35). The number of pyridine rings is 1. The molecule has 0 spiro atoms. The molecular weight excluding hydrogens is 518 g/mol. The maximum absolute atomic E-state index is 13.8. The summed E-state index contributed by atoms with van der Waals surface area (Å²) in [6, 6.07) is 32.5. The first-order valence-corrected chi connectivity index (χ1v) is 13.8. The number of hydrogen-bond donors (Lipinski definition) is 1. The molecule has 2 aromatic heterocycles. The fourth-order valence-electron chi connectivity index (χ4n) is 4.38. The number of rotatable bonds is 10. The third-order valence-electron chi connectivity index (χ3n) is 6.43. The number of nitrogen functional groups attached to an aromatic ring is 1. The molecule has 200 valence electrons. The van der Waals surface area contributed by atoms with Crippen LogP contribution in [0.15, 0.2) is 115 Å². The van der Waals surface area contributed by atoms with Crippen molar-refractivity contribution in [2.24, 2.45) is 0 Å². The van der Waals surface area contributed by atoms with Crippen molar-refractivity contribution >= 4 is 28.3 Å². The fourth-order valence-corrected chi connectivity index (χ4v) is 4.95. The molecular formula is C32H29N5O2S. The summed E-state index contributed by atoms with van der Waals surface area (Å²) in [7, 11) is 0. The molecule has 2 N–H and O–H groups in total. The van der Waals surface area contributed by atoms with Gasteiger partial charge >= 0.3 is 0 Å². The van der Waals surface area contributed by atoms with Gasteiger partial charge in [-0.25, -0.2) is 4.98 Å². The number of thiazole rings is 1. The molecule has 8 heteroatoms. The SMILES string of the molecule is Nc1nc(-c2ccc(C(=O)N(CC(=O)N(Cc3ccccc3)Cc3ccccc3)Cc3ccccn3)cc2)cs1. The summed E-state index contributed by atoms with van der Waals surface area (Å²) in [5.41, 5.74) is 10.6. The van der Waals surface area contributed by atoms with Gasteiger partial charge in [-0.2, -0.15) is 0 Å². The van der Waals surface area contributed by atoms with E-state index in [0.717, 1.165) is 22.4 Å². The lowest BCUT2D eigenvalue weighted by molar-refractivity contribution is -0.133. The average Bonchev–Trinajstić information content (AvgIpc) is 3.44. The van der Waals surface area contributed by atoms with Gasteiger partial charge in [-0.3, -0.25) is 14.6 Å². The number of benzene rings is 3. The van der Waals surface area contributed by atoms with Crippen LogP contribution in [0, 0.1) is 0 Å². The van der Waals surface area contributed by atoms with Crippen molar-refractivity contribution in [2.75, 3.05) is 12.3 Å². The molecule has 5 aromatic rings. The highest BCUT2D eigenvalue weighted by atomic mass is 32.1. The summed E-state index contributed by atoms with van der Waals surface area (Å²) in [6.45, 7) is 0.997. The first-order chi connectivity index (χ1) is 19.5. The second-order valence-corrected chi connectivity index (χ2v) is 10.2. The number of amides is 2. The van der Waals surface area contributed by atoms with Crippen LogP contribution in [0.2, 0.25) is 0 Å². The summed E-state index contributed by atoms with van der Waals surface area (Å²) in [4.78, 5) is 39.7. The minimum atomic E-state index is -0.247. The average molecular weight is 548 g/mol. The lowest BCUT2D eigenvalue weighted by Crippen LogP contribution is -2.42. The van der Waals surface area contributed by atoms with Crippen LogP contribution >= 0.6 is 11.3 Å². The van der Waals surface area contributed by atoms with Gasteiger partial charge in [-0.1, -0.05) is 78.9 Å². The minimum absolute atomic E-state index is 0.0839. The van der Waals surface area contributed by atoms with E-state index in [-0.39, 0.29) is 24.9 Å². The van der Waals surface area contributed by atoms with Gasteiger partial charge in [-0.15, -0.1) is 11.3 Å². The van der Waals surface area contributed by atoms with E-state index >= 15 is 0 Å². The second kappa shape index (κ2) is 12.8. The molecule has 40 heavy (non-hydrogen) atoms.